The van der Waals surface area contributed by atoms with Crippen LogP contribution in [0.25, 0.3) is 0 Å². The van der Waals surface area contributed by atoms with E-state index >= 15 is 0 Å². The van der Waals surface area contributed by atoms with E-state index in [4.69, 9.17) is 4.55 Å². The zero-order valence-corrected chi connectivity index (χ0v) is 7.60. The van der Waals surface area contributed by atoms with Gasteiger partial charge in [-0.15, -0.1) is 0 Å². The first-order valence-electron chi connectivity index (χ1n) is 3.97. The van der Waals surface area contributed by atoms with Crippen LogP contribution < -0.4 is 10.6 Å². The summed E-state index contributed by atoms with van der Waals surface area (Å²) in [5, 5.41) is 6.29. The van der Waals surface area contributed by atoms with Gasteiger partial charge in [0, 0.05) is 25.7 Å². The summed E-state index contributed by atoms with van der Waals surface area (Å²) in [5.74, 6) is -0.160. The van der Waals surface area contributed by atoms with Crippen molar-refractivity contribution in [3.63, 3.8) is 0 Å². The van der Waals surface area contributed by atoms with Crippen LogP contribution in [0.2, 0.25) is 0 Å². The van der Waals surface area contributed by atoms with E-state index < -0.39 is 10.1 Å². The summed E-state index contributed by atoms with van der Waals surface area (Å²) in [5.41, 5.74) is 0. The molecule has 3 N–H and O–H groups in total. The van der Waals surface area contributed by atoms with Crippen molar-refractivity contribution in [2.45, 2.75) is 12.5 Å². The van der Waals surface area contributed by atoms with E-state index in [9.17, 15) is 8.42 Å². The molecule has 1 saturated heterocycles. The van der Waals surface area contributed by atoms with Gasteiger partial charge in [0.1, 0.15) is 0 Å². The molecule has 72 valence electrons. The minimum Gasteiger partial charge on any atom is -0.314 e. The Balaban J connectivity index is 2.22. The Morgan fingerprint density at radius 3 is 2.67 bits per heavy atom. The Hall–Kier alpha value is -0.170. The maximum atomic E-state index is 10.4. The highest BCUT2D eigenvalue weighted by atomic mass is 32.2. The van der Waals surface area contributed by atoms with Crippen LogP contribution in [0, 0.1) is 0 Å². The van der Waals surface area contributed by atoms with Crippen LogP contribution in [0.3, 0.4) is 0 Å². The molecule has 5 nitrogen and oxygen atoms in total. The summed E-state index contributed by atoms with van der Waals surface area (Å²) in [7, 11) is -3.79. The molecule has 0 aromatic carbocycles. The van der Waals surface area contributed by atoms with Gasteiger partial charge in [-0.05, 0) is 6.42 Å². The Labute approximate surface area is 72.3 Å². The Morgan fingerprint density at radius 1 is 1.42 bits per heavy atom. The maximum absolute atomic E-state index is 10.4. The molecule has 1 aliphatic rings. The predicted octanol–water partition coefficient (Wildman–Crippen LogP) is -1.17. The van der Waals surface area contributed by atoms with Crippen LogP contribution in [0.4, 0.5) is 0 Å². The molecule has 6 heteroatoms. The highest BCUT2D eigenvalue weighted by Crippen LogP contribution is 1.96. The van der Waals surface area contributed by atoms with E-state index in [1.165, 1.54) is 0 Å². The molecule has 1 fully saturated rings. The monoisotopic (exact) mass is 194 g/mol. The third-order valence-electron chi connectivity index (χ3n) is 1.85. The first-order valence-corrected chi connectivity index (χ1v) is 5.58. The van der Waals surface area contributed by atoms with Gasteiger partial charge in [0.15, 0.2) is 0 Å². The molecule has 1 heterocycles. The van der Waals surface area contributed by atoms with Crippen molar-refractivity contribution in [1.82, 2.24) is 10.6 Å². The van der Waals surface area contributed by atoms with Crippen LogP contribution in [-0.2, 0) is 10.1 Å². The number of rotatable bonds is 3. The smallest absolute Gasteiger partial charge is 0.264 e. The van der Waals surface area contributed by atoms with Gasteiger partial charge in [0.25, 0.3) is 10.1 Å². The predicted molar refractivity (Wildman–Crippen MR) is 45.7 cm³/mol. The van der Waals surface area contributed by atoms with Crippen LogP contribution in [0.1, 0.15) is 6.42 Å². The summed E-state index contributed by atoms with van der Waals surface area (Å²) in [6.45, 7) is 2.55. The van der Waals surface area contributed by atoms with E-state index in [2.05, 4.69) is 10.6 Å². The summed E-state index contributed by atoms with van der Waals surface area (Å²) >= 11 is 0. The van der Waals surface area contributed by atoms with Crippen LogP contribution >= 0.6 is 0 Å². The molecule has 0 saturated carbocycles. The van der Waals surface area contributed by atoms with Crippen molar-refractivity contribution >= 4 is 10.1 Å². The lowest BCUT2D eigenvalue weighted by Crippen LogP contribution is -2.48. The van der Waals surface area contributed by atoms with Crippen LogP contribution in [-0.4, -0.2) is 44.4 Å². The molecule has 0 radical (unpaired) electrons. The topological polar surface area (TPSA) is 78.4 Å². The van der Waals surface area contributed by atoms with E-state index in [1.54, 1.807) is 0 Å². The van der Waals surface area contributed by atoms with Crippen molar-refractivity contribution < 1.29 is 13.0 Å². The van der Waals surface area contributed by atoms with E-state index in [1.807, 2.05) is 0 Å². The SMILES string of the molecule is O=S(=O)(O)CCC1CNCCN1. The highest BCUT2D eigenvalue weighted by Gasteiger charge is 2.14. The largest absolute Gasteiger partial charge is 0.314 e. The zero-order valence-electron chi connectivity index (χ0n) is 6.78. The van der Waals surface area contributed by atoms with E-state index in [0.717, 1.165) is 19.6 Å². The fraction of sp³-hybridized carbons (Fsp3) is 1.00. The number of nitrogens with one attached hydrogen (secondary N) is 2. The Kier molecular flexibility index (Phi) is 3.45. The van der Waals surface area contributed by atoms with Gasteiger partial charge in [-0.1, -0.05) is 0 Å². The van der Waals surface area contributed by atoms with Crippen LogP contribution in [0.5, 0.6) is 0 Å². The van der Waals surface area contributed by atoms with Crippen LogP contribution in [0.15, 0.2) is 0 Å². The van der Waals surface area contributed by atoms with Crippen molar-refractivity contribution in [1.29, 1.82) is 0 Å². The molecule has 12 heavy (non-hydrogen) atoms. The van der Waals surface area contributed by atoms with E-state index in [0.29, 0.717) is 6.42 Å². The second-order valence-electron chi connectivity index (χ2n) is 2.93. The van der Waals surface area contributed by atoms with Gasteiger partial charge >= 0.3 is 0 Å². The molecule has 0 amide bonds. The Bertz CT molecular complexity index is 221. The van der Waals surface area contributed by atoms with Gasteiger partial charge in [0.2, 0.25) is 0 Å². The summed E-state index contributed by atoms with van der Waals surface area (Å²) < 4.78 is 29.2. The first kappa shape index (κ1) is 9.91. The zero-order chi connectivity index (χ0) is 9.03. The van der Waals surface area contributed by atoms with Gasteiger partial charge in [-0.25, -0.2) is 0 Å². The quantitative estimate of drug-likeness (QED) is 0.493. The summed E-state index contributed by atoms with van der Waals surface area (Å²) in [4.78, 5) is 0. The normalized spacial score (nSPS) is 25.6. The third kappa shape index (κ3) is 4.01. The van der Waals surface area contributed by atoms with Gasteiger partial charge in [0.05, 0.1) is 5.75 Å². The Morgan fingerprint density at radius 2 is 2.17 bits per heavy atom. The maximum Gasteiger partial charge on any atom is 0.264 e. The number of hydrogen-bond acceptors (Lipinski definition) is 4. The van der Waals surface area contributed by atoms with E-state index in [-0.39, 0.29) is 11.8 Å². The van der Waals surface area contributed by atoms with Crippen molar-refractivity contribution in [2.75, 3.05) is 25.4 Å². The molecule has 0 bridgehead atoms. The highest BCUT2D eigenvalue weighted by molar-refractivity contribution is 7.85. The van der Waals surface area contributed by atoms with Gasteiger partial charge < -0.3 is 10.6 Å². The minimum absolute atomic E-state index is 0.160. The summed E-state index contributed by atoms with van der Waals surface area (Å²) in [6, 6.07) is 0.167. The fourth-order valence-corrected chi connectivity index (χ4v) is 1.79. The molecular weight excluding hydrogens is 180 g/mol. The molecule has 0 aromatic heterocycles. The molecule has 1 unspecified atom stereocenters. The molecule has 1 aliphatic heterocycles. The van der Waals surface area contributed by atoms with Crippen molar-refractivity contribution in [3.8, 4) is 0 Å². The molecule has 1 atom stereocenters. The average Bonchev–Trinajstić information content (AvgIpc) is 2.02. The standard InChI is InChI=1S/C6H14N2O3S/c9-12(10,11)4-1-6-5-7-2-3-8-6/h6-8H,1-5H2,(H,9,10,11). The fourth-order valence-electron chi connectivity index (χ4n) is 1.21. The third-order valence-corrected chi connectivity index (χ3v) is 2.60. The number of hydrogen-bond donors (Lipinski definition) is 3. The molecule has 0 spiro atoms. The van der Waals surface area contributed by atoms with Crippen molar-refractivity contribution in [3.05, 3.63) is 0 Å². The molecular formula is C6H14N2O3S. The number of piperazine rings is 1. The second kappa shape index (κ2) is 4.18. The average molecular weight is 194 g/mol. The lowest BCUT2D eigenvalue weighted by molar-refractivity contribution is 0.404. The minimum atomic E-state index is -3.79. The summed E-state index contributed by atoms with van der Waals surface area (Å²) in [6.07, 6.45) is 0.464. The molecule has 1 rings (SSSR count). The lowest BCUT2D eigenvalue weighted by atomic mass is 10.2. The van der Waals surface area contributed by atoms with Gasteiger partial charge in [-0.2, -0.15) is 8.42 Å². The van der Waals surface area contributed by atoms with Crippen molar-refractivity contribution in [2.24, 2.45) is 0 Å². The lowest BCUT2D eigenvalue weighted by Gasteiger charge is -2.23. The van der Waals surface area contributed by atoms with Gasteiger partial charge in [-0.3, -0.25) is 4.55 Å². The molecule has 0 aliphatic carbocycles. The first-order chi connectivity index (χ1) is 5.58. The molecule has 0 aromatic rings. The second-order valence-corrected chi connectivity index (χ2v) is 4.50.